The van der Waals surface area contributed by atoms with Crippen LogP contribution in [0.3, 0.4) is 0 Å². The molecular weight excluding hydrogens is 450 g/mol. The van der Waals surface area contributed by atoms with Crippen LogP contribution in [-0.4, -0.2) is 45.9 Å². The molecule has 166 valence electrons. The third-order valence-corrected chi connectivity index (χ3v) is 6.69. The highest BCUT2D eigenvalue weighted by atomic mass is 35.5. The Morgan fingerprint density at radius 3 is 2.45 bits per heavy atom. The minimum atomic E-state index is -4.04. The lowest BCUT2D eigenvalue weighted by Crippen LogP contribution is -2.37. The number of methoxy groups -OCH3 is 1. The third kappa shape index (κ3) is 4.08. The van der Waals surface area contributed by atoms with Gasteiger partial charge < -0.3 is 14.6 Å². The zero-order chi connectivity index (χ0) is 23.1. The molecule has 13 heteroatoms. The molecule has 2 aromatic heterocycles. The first-order chi connectivity index (χ1) is 14.5. The van der Waals surface area contributed by atoms with E-state index < -0.39 is 37.9 Å². The Bertz CT molecular complexity index is 1420. The zero-order valence-corrected chi connectivity index (χ0v) is 18.7. The molecule has 0 aliphatic heterocycles. The van der Waals surface area contributed by atoms with Crippen molar-refractivity contribution in [3.8, 4) is 5.75 Å². The number of fused-ring (bicyclic) bond motifs is 1. The van der Waals surface area contributed by atoms with Gasteiger partial charge in [-0.25, -0.2) is 18.2 Å². The number of benzene rings is 1. The number of halogens is 1. The van der Waals surface area contributed by atoms with Crippen LogP contribution >= 0.6 is 11.6 Å². The van der Waals surface area contributed by atoms with Gasteiger partial charge in [0, 0.05) is 33.3 Å². The number of aromatic nitrogens is 4. The zero-order valence-electron chi connectivity index (χ0n) is 17.2. The van der Waals surface area contributed by atoms with Crippen LogP contribution in [0.1, 0.15) is 6.42 Å². The second-order valence-electron chi connectivity index (χ2n) is 6.80. The molecule has 0 aliphatic carbocycles. The molecule has 0 radical (unpaired) electrons. The van der Waals surface area contributed by atoms with Gasteiger partial charge in [-0.05, 0) is 18.2 Å². The SMILES string of the molecule is COc1ccc(NC(=O)CCS(=O)(=O)c2nc3c(=O)n(C)c(=O)n(C)c3n2C)cc1Cl. The Balaban J connectivity index is 1.84. The van der Waals surface area contributed by atoms with E-state index in [0.717, 1.165) is 13.7 Å². The van der Waals surface area contributed by atoms with Crippen molar-refractivity contribution in [2.24, 2.45) is 21.1 Å². The number of amides is 1. The Hall–Kier alpha value is -3.12. The predicted octanol–water partition coefficient (Wildman–Crippen LogP) is 0.435. The number of carbonyl (C=O) groups excluding carboxylic acids is 1. The summed E-state index contributed by atoms with van der Waals surface area (Å²) in [5.74, 6) is -0.662. The van der Waals surface area contributed by atoms with Crippen molar-refractivity contribution in [1.29, 1.82) is 0 Å². The highest BCUT2D eigenvalue weighted by molar-refractivity contribution is 7.91. The average molecular weight is 470 g/mol. The Morgan fingerprint density at radius 1 is 1.16 bits per heavy atom. The number of ether oxygens (including phenoxy) is 1. The quantitative estimate of drug-likeness (QED) is 0.553. The molecule has 0 saturated heterocycles. The number of hydrogen-bond donors (Lipinski definition) is 1. The third-order valence-electron chi connectivity index (χ3n) is 4.73. The van der Waals surface area contributed by atoms with Gasteiger partial charge in [0.1, 0.15) is 5.75 Å². The summed E-state index contributed by atoms with van der Waals surface area (Å²) in [4.78, 5) is 40.7. The molecule has 0 aliphatic rings. The molecule has 3 rings (SSSR count). The van der Waals surface area contributed by atoms with Gasteiger partial charge in [-0.1, -0.05) is 11.6 Å². The highest BCUT2D eigenvalue weighted by Crippen LogP contribution is 2.27. The van der Waals surface area contributed by atoms with Gasteiger partial charge >= 0.3 is 5.69 Å². The fourth-order valence-electron chi connectivity index (χ4n) is 3.12. The fourth-order valence-corrected chi connectivity index (χ4v) is 4.75. The van der Waals surface area contributed by atoms with Gasteiger partial charge in [0.2, 0.25) is 20.9 Å². The van der Waals surface area contributed by atoms with E-state index in [-0.39, 0.29) is 17.6 Å². The molecule has 1 N–H and O–H groups in total. The van der Waals surface area contributed by atoms with Gasteiger partial charge in [0.25, 0.3) is 5.56 Å². The second-order valence-corrected chi connectivity index (χ2v) is 9.21. The molecule has 31 heavy (non-hydrogen) atoms. The van der Waals surface area contributed by atoms with Gasteiger partial charge in [0.05, 0.1) is 17.9 Å². The van der Waals surface area contributed by atoms with E-state index in [4.69, 9.17) is 16.3 Å². The van der Waals surface area contributed by atoms with Crippen molar-refractivity contribution in [2.45, 2.75) is 11.6 Å². The summed E-state index contributed by atoms with van der Waals surface area (Å²) in [6.45, 7) is 0. The van der Waals surface area contributed by atoms with Crippen molar-refractivity contribution < 1.29 is 17.9 Å². The van der Waals surface area contributed by atoms with E-state index in [1.165, 1.54) is 34.3 Å². The molecule has 0 unspecified atom stereocenters. The lowest BCUT2D eigenvalue weighted by molar-refractivity contribution is -0.115. The van der Waals surface area contributed by atoms with Crippen LogP contribution in [0.15, 0.2) is 32.9 Å². The minimum absolute atomic E-state index is 0.0731. The smallest absolute Gasteiger partial charge is 0.332 e. The summed E-state index contributed by atoms with van der Waals surface area (Å²) < 4.78 is 33.8. The first kappa shape index (κ1) is 22.6. The number of anilines is 1. The van der Waals surface area contributed by atoms with E-state index in [9.17, 15) is 22.8 Å². The Morgan fingerprint density at radius 2 is 1.84 bits per heavy atom. The number of hydrogen-bond acceptors (Lipinski definition) is 7. The molecule has 1 amide bonds. The highest BCUT2D eigenvalue weighted by Gasteiger charge is 2.26. The van der Waals surface area contributed by atoms with Crippen LogP contribution in [-0.2, 0) is 35.8 Å². The summed E-state index contributed by atoms with van der Waals surface area (Å²) in [6.07, 6.45) is -0.355. The van der Waals surface area contributed by atoms with Gasteiger partial charge in [-0.3, -0.25) is 18.7 Å². The van der Waals surface area contributed by atoms with Gasteiger partial charge in [-0.2, -0.15) is 0 Å². The minimum Gasteiger partial charge on any atom is -0.495 e. The predicted molar refractivity (Wildman–Crippen MR) is 114 cm³/mol. The van der Waals surface area contributed by atoms with Crippen LogP contribution in [0.25, 0.3) is 11.2 Å². The molecule has 0 bridgehead atoms. The van der Waals surface area contributed by atoms with Crippen LogP contribution in [0.4, 0.5) is 5.69 Å². The topological polar surface area (TPSA) is 134 Å². The largest absolute Gasteiger partial charge is 0.495 e. The van der Waals surface area contributed by atoms with Crippen LogP contribution in [0, 0.1) is 0 Å². The maximum atomic E-state index is 12.8. The summed E-state index contributed by atoms with van der Waals surface area (Å²) in [5.41, 5.74) is -1.01. The second kappa shape index (κ2) is 8.19. The average Bonchev–Trinajstić information content (AvgIpc) is 3.07. The number of aryl methyl sites for hydroxylation is 2. The van der Waals surface area contributed by atoms with E-state index in [1.54, 1.807) is 12.1 Å². The number of sulfone groups is 1. The maximum absolute atomic E-state index is 12.8. The van der Waals surface area contributed by atoms with Crippen molar-refractivity contribution in [1.82, 2.24) is 18.7 Å². The Labute approximate surface area is 181 Å². The van der Waals surface area contributed by atoms with Crippen molar-refractivity contribution in [3.63, 3.8) is 0 Å². The molecule has 0 atom stereocenters. The number of rotatable bonds is 6. The number of nitrogens with one attached hydrogen (secondary N) is 1. The van der Waals surface area contributed by atoms with Crippen LogP contribution in [0.5, 0.6) is 5.75 Å². The molecule has 1 aromatic carbocycles. The van der Waals surface area contributed by atoms with E-state index in [2.05, 4.69) is 10.3 Å². The molecule has 0 spiro atoms. The van der Waals surface area contributed by atoms with Crippen LogP contribution < -0.4 is 21.3 Å². The first-order valence-electron chi connectivity index (χ1n) is 8.96. The van der Waals surface area contributed by atoms with E-state index in [0.29, 0.717) is 16.5 Å². The first-order valence-corrected chi connectivity index (χ1v) is 11.0. The lowest BCUT2D eigenvalue weighted by atomic mass is 10.3. The summed E-state index contributed by atoms with van der Waals surface area (Å²) in [5, 5.41) is 2.45. The summed E-state index contributed by atoms with van der Waals surface area (Å²) in [7, 11) is 1.50. The van der Waals surface area contributed by atoms with Gasteiger partial charge in [-0.15, -0.1) is 0 Å². The molecular formula is C18H20ClN5O6S. The summed E-state index contributed by atoms with van der Waals surface area (Å²) >= 11 is 6.01. The standard InChI is InChI=1S/C18H20ClN5O6S/c1-22-15-14(16(26)24(3)18(27)23(15)2)21-17(22)31(28,29)8-7-13(25)20-10-5-6-12(30-4)11(19)9-10/h5-6,9H,7-8H2,1-4H3,(H,20,25). The maximum Gasteiger partial charge on any atom is 0.332 e. The molecule has 2 heterocycles. The Kier molecular flexibility index (Phi) is 5.96. The molecule has 11 nitrogen and oxygen atoms in total. The molecule has 3 aromatic rings. The molecule has 0 saturated carbocycles. The monoisotopic (exact) mass is 469 g/mol. The number of imidazole rings is 1. The summed E-state index contributed by atoms with van der Waals surface area (Å²) in [6, 6.07) is 4.62. The normalized spacial score (nSPS) is 11.6. The van der Waals surface area contributed by atoms with Gasteiger partial charge in [0.15, 0.2) is 11.2 Å². The van der Waals surface area contributed by atoms with Crippen molar-refractivity contribution in [3.05, 3.63) is 44.1 Å². The number of nitrogens with zero attached hydrogens (tertiary/aromatic N) is 4. The number of carbonyl (C=O) groups is 1. The van der Waals surface area contributed by atoms with E-state index in [1.807, 2.05) is 0 Å². The van der Waals surface area contributed by atoms with Crippen LogP contribution in [0.2, 0.25) is 5.02 Å². The molecule has 0 fully saturated rings. The fraction of sp³-hybridized carbons (Fsp3) is 0.333. The lowest BCUT2D eigenvalue weighted by Gasteiger charge is -2.09. The van der Waals surface area contributed by atoms with Crippen molar-refractivity contribution >= 4 is 44.2 Å². The van der Waals surface area contributed by atoms with E-state index >= 15 is 0 Å². The van der Waals surface area contributed by atoms with Crippen molar-refractivity contribution in [2.75, 3.05) is 18.2 Å².